The van der Waals surface area contributed by atoms with Crippen LogP contribution in [-0.4, -0.2) is 221 Å². The normalized spacial score (nSPS) is 25.0. The molecule has 35 heteroatoms. The van der Waals surface area contributed by atoms with Crippen molar-refractivity contribution < 1.29 is 137 Å². The van der Waals surface area contributed by atoms with Crippen LogP contribution in [0.3, 0.4) is 0 Å². The summed E-state index contributed by atoms with van der Waals surface area (Å²) in [7, 11) is -16.7. The van der Waals surface area contributed by atoms with Gasteiger partial charge in [0.05, 0.1) is 131 Å². The SMILES string of the molecule is COP(=O)([O-])OCCOCCOCCOCCOP(=O)([O-])OC[C@@H]1C[C@@H](OP(=O)([O-])OCCOCCOCCOCCOP(=O)([O-])OC)CN1C(=O)CCCCO[C@@H]1OC(CO)[C@@H](O)[C@H](O)C1NC(C)=O. The van der Waals surface area contributed by atoms with Gasteiger partial charge in [-0.15, -0.1) is 0 Å². The average Bonchev–Trinajstić information content (AvgIpc) is 3.72. The van der Waals surface area contributed by atoms with Crippen LogP contribution in [0, 0.1) is 0 Å². The zero-order valence-electron chi connectivity index (χ0n) is 39.7. The van der Waals surface area contributed by atoms with Gasteiger partial charge in [-0.05, 0) is 19.3 Å². The highest BCUT2D eigenvalue weighted by Crippen LogP contribution is 2.44. The molecule has 71 heavy (non-hydrogen) atoms. The summed E-state index contributed by atoms with van der Waals surface area (Å²) < 4.78 is 128. The fourth-order valence-corrected chi connectivity index (χ4v) is 8.61. The summed E-state index contributed by atoms with van der Waals surface area (Å²) in [6, 6.07) is -2.19. The third-order valence-corrected chi connectivity index (χ3v) is 13.5. The summed E-state index contributed by atoms with van der Waals surface area (Å²) in [5.41, 5.74) is 0. The van der Waals surface area contributed by atoms with Crippen LogP contribution in [0.4, 0.5) is 0 Å². The molecule has 6 unspecified atom stereocenters. The number of aliphatic hydroxyl groups excluding tert-OH is 3. The fraction of sp³-hybridized carbons (Fsp3) is 0.944. The highest BCUT2D eigenvalue weighted by Gasteiger charge is 2.45. The van der Waals surface area contributed by atoms with Crippen molar-refractivity contribution in [2.75, 3.05) is 146 Å². The topological polar surface area (TPSA) is 418 Å². The van der Waals surface area contributed by atoms with Crippen LogP contribution in [0.1, 0.15) is 32.6 Å². The van der Waals surface area contributed by atoms with Gasteiger partial charge in [-0.1, -0.05) is 0 Å². The van der Waals surface area contributed by atoms with Gasteiger partial charge in [-0.2, -0.15) is 0 Å². The molecule has 0 spiro atoms. The molecule has 0 radical (unpaired) electrons. The Balaban J connectivity index is 1.82. The molecule has 2 aliphatic rings. The summed E-state index contributed by atoms with van der Waals surface area (Å²) in [6.45, 7) is -1.36. The van der Waals surface area contributed by atoms with E-state index < -0.39 is 112 Å². The van der Waals surface area contributed by atoms with Gasteiger partial charge in [0, 0.05) is 40.7 Å². The summed E-state index contributed by atoms with van der Waals surface area (Å²) in [4.78, 5) is 74.0. The number of nitrogens with zero attached hydrogens (tertiary/aromatic N) is 1. The van der Waals surface area contributed by atoms with Crippen molar-refractivity contribution in [2.45, 2.75) is 75.4 Å². The third-order valence-electron chi connectivity index (χ3n) is 9.56. The molecule has 0 aromatic carbocycles. The van der Waals surface area contributed by atoms with Crippen molar-refractivity contribution in [3.63, 3.8) is 0 Å². The first-order valence-corrected chi connectivity index (χ1v) is 28.0. The maximum absolute atomic E-state index is 13.5. The molecule has 0 aliphatic carbocycles. The number of ether oxygens (including phenoxy) is 8. The second kappa shape index (κ2) is 36.1. The van der Waals surface area contributed by atoms with Gasteiger partial charge in [-0.25, -0.2) is 0 Å². The van der Waals surface area contributed by atoms with E-state index in [2.05, 4.69) is 23.4 Å². The van der Waals surface area contributed by atoms with E-state index in [1.54, 1.807) is 0 Å². The summed E-state index contributed by atoms with van der Waals surface area (Å²) >= 11 is 0. The zero-order chi connectivity index (χ0) is 52.8. The van der Waals surface area contributed by atoms with Crippen LogP contribution in [-0.2, 0) is 102 Å². The smallest absolute Gasteiger partial charge is 0.268 e. The minimum atomic E-state index is -5.00. The summed E-state index contributed by atoms with van der Waals surface area (Å²) in [6.07, 6.45) is -6.61. The summed E-state index contributed by atoms with van der Waals surface area (Å²) in [5.74, 6) is -1.07. The van der Waals surface area contributed by atoms with Gasteiger partial charge in [0.15, 0.2) is 6.29 Å². The van der Waals surface area contributed by atoms with Crippen molar-refractivity contribution in [2.24, 2.45) is 0 Å². The van der Waals surface area contributed by atoms with E-state index in [0.717, 1.165) is 14.2 Å². The lowest BCUT2D eigenvalue weighted by Crippen LogP contribution is -2.64. The van der Waals surface area contributed by atoms with Crippen LogP contribution in [0.15, 0.2) is 0 Å². The number of amides is 2. The Kier molecular flexibility index (Phi) is 33.5. The molecular weight excluding hydrogens is 1050 g/mol. The van der Waals surface area contributed by atoms with Gasteiger partial charge in [0.2, 0.25) is 11.8 Å². The Morgan fingerprint density at radius 3 is 1.49 bits per heavy atom. The van der Waals surface area contributed by atoms with Crippen LogP contribution < -0.4 is 24.9 Å². The number of aliphatic hydroxyl groups is 3. The molecule has 2 saturated heterocycles. The number of rotatable bonds is 43. The minimum Gasteiger partial charge on any atom is -0.756 e. The first-order valence-electron chi connectivity index (χ1n) is 22.2. The lowest BCUT2D eigenvalue weighted by molar-refractivity contribution is -0.270. The number of nitrogens with one attached hydrogen (secondary N) is 1. The van der Waals surface area contributed by atoms with Gasteiger partial charge in [0.25, 0.3) is 31.3 Å². The lowest BCUT2D eigenvalue weighted by atomic mass is 9.97. The standard InChI is InChI=1S/C36H72N2O29P4/c1-28(40)37-33-35(43)34(42)31(26-39)66-36(33)60-7-5-4-6-32(41)38-25-30(67-71(50,51)64-23-19-59-15-11-55-9-13-57-17-21-62-69(46,47)53-3)24-29(38)27-65-70(48,49)63-22-18-58-14-10-54-8-12-56-16-20-61-68(44,45)52-2/h29-31,33-36,39,42-43H,4-27H2,1-3H3,(H,37,40)(H,44,45)(H,46,47)(H,48,49)(H,50,51)/p-4/t29-,30+,31?,33?,34+,35+,36+/m0/s1. The van der Waals surface area contributed by atoms with Crippen LogP contribution in [0.5, 0.6) is 0 Å². The number of carbonyl (C=O) groups is 2. The molecule has 0 saturated carbocycles. The predicted molar refractivity (Wildman–Crippen MR) is 229 cm³/mol. The molecule has 2 amide bonds. The number of unbranched alkanes of at least 4 members (excludes halogenated alkanes) is 1. The molecule has 0 aromatic heterocycles. The van der Waals surface area contributed by atoms with E-state index in [1.807, 2.05) is 0 Å². The van der Waals surface area contributed by atoms with Crippen LogP contribution >= 0.6 is 31.3 Å². The minimum absolute atomic E-state index is 0.0247. The second-order valence-corrected chi connectivity index (χ2v) is 20.7. The number of phosphoric acid groups is 4. The predicted octanol–water partition coefficient (Wildman–Crippen LogP) is -3.55. The number of carbonyl (C=O) groups excluding carboxylic acids is 2. The van der Waals surface area contributed by atoms with Crippen molar-refractivity contribution >= 4 is 43.1 Å². The van der Waals surface area contributed by atoms with Crippen molar-refractivity contribution in [3.8, 4) is 0 Å². The Morgan fingerprint density at radius 2 is 1.06 bits per heavy atom. The highest BCUT2D eigenvalue weighted by molar-refractivity contribution is 7.46. The quantitative estimate of drug-likeness (QED) is 0.0339. The first kappa shape index (κ1) is 66.1. The van der Waals surface area contributed by atoms with E-state index in [-0.39, 0.29) is 131 Å². The van der Waals surface area contributed by atoms with Gasteiger partial charge >= 0.3 is 0 Å². The molecule has 2 rings (SSSR count). The number of likely N-dealkylation sites (tertiary alicyclic amines) is 1. The van der Waals surface area contributed by atoms with Crippen molar-refractivity contribution in [3.05, 3.63) is 0 Å². The molecule has 420 valence electrons. The number of hydrogen-bond donors (Lipinski definition) is 4. The maximum atomic E-state index is 13.5. The molecule has 2 aliphatic heterocycles. The number of phosphoric ester groups is 4. The highest BCUT2D eigenvalue weighted by atomic mass is 31.2. The molecule has 2 heterocycles. The van der Waals surface area contributed by atoms with Gasteiger partial charge in [0.1, 0.15) is 24.4 Å². The van der Waals surface area contributed by atoms with E-state index >= 15 is 0 Å². The Labute approximate surface area is 411 Å². The van der Waals surface area contributed by atoms with E-state index in [0.29, 0.717) is 0 Å². The van der Waals surface area contributed by atoms with Crippen LogP contribution in [0.25, 0.3) is 0 Å². The molecule has 4 N–H and O–H groups in total. The average molecular weight is 1120 g/mol. The van der Waals surface area contributed by atoms with Gasteiger partial charge < -0.3 is 119 Å². The molecule has 11 atom stereocenters. The van der Waals surface area contributed by atoms with E-state index in [1.165, 1.54) is 11.8 Å². The molecular formula is C36H68N2O29P4-4. The Morgan fingerprint density at radius 1 is 0.620 bits per heavy atom. The zero-order valence-corrected chi connectivity index (χ0v) is 43.3. The summed E-state index contributed by atoms with van der Waals surface area (Å²) in [5, 5.41) is 32.7. The Bertz CT molecular complexity index is 1680. The molecule has 0 aromatic rings. The molecule has 31 nitrogen and oxygen atoms in total. The van der Waals surface area contributed by atoms with E-state index in [9.17, 15) is 62.7 Å². The largest absolute Gasteiger partial charge is 0.756 e. The maximum Gasteiger partial charge on any atom is 0.268 e. The van der Waals surface area contributed by atoms with Crippen molar-refractivity contribution in [1.29, 1.82) is 0 Å². The second-order valence-electron chi connectivity index (χ2n) is 14.9. The molecule has 2 fully saturated rings. The number of hydrogen-bond acceptors (Lipinski definition) is 29. The molecule has 0 bridgehead atoms. The third kappa shape index (κ3) is 29.7. The Hall–Kier alpha value is -1.06. The monoisotopic (exact) mass is 1120 g/mol. The van der Waals surface area contributed by atoms with Crippen LogP contribution in [0.2, 0.25) is 0 Å². The first-order chi connectivity index (χ1) is 33.6. The lowest BCUT2D eigenvalue weighted by Gasteiger charge is -2.42. The van der Waals surface area contributed by atoms with E-state index in [4.69, 9.17) is 56.0 Å². The fourth-order valence-electron chi connectivity index (χ4n) is 6.20. The van der Waals surface area contributed by atoms with Crippen molar-refractivity contribution in [1.82, 2.24) is 10.2 Å². The van der Waals surface area contributed by atoms with Gasteiger partial charge in [-0.3, -0.25) is 27.8 Å².